The van der Waals surface area contributed by atoms with Crippen molar-refractivity contribution in [1.29, 1.82) is 0 Å². The zero-order valence-corrected chi connectivity index (χ0v) is 18.1. The lowest BCUT2D eigenvalue weighted by Crippen LogP contribution is -2.40. The number of aromatic nitrogens is 2. The summed E-state index contributed by atoms with van der Waals surface area (Å²) < 4.78 is 36.5. The van der Waals surface area contributed by atoms with Crippen molar-refractivity contribution in [3.63, 3.8) is 0 Å². The second kappa shape index (κ2) is 8.86. The molecule has 3 rings (SSSR count). The summed E-state index contributed by atoms with van der Waals surface area (Å²) in [6.45, 7) is 4.67. The molecule has 2 aromatic rings. The number of hydrogen-bond acceptors (Lipinski definition) is 7. The Hall–Kier alpha value is -1.55. The summed E-state index contributed by atoms with van der Waals surface area (Å²) in [6, 6.07) is 6.99. The summed E-state index contributed by atoms with van der Waals surface area (Å²) >= 11 is 6.93. The molecule has 0 unspecified atom stereocenters. The van der Waals surface area contributed by atoms with E-state index in [0.717, 1.165) is 17.1 Å². The van der Waals surface area contributed by atoms with Gasteiger partial charge in [-0.1, -0.05) is 42.1 Å². The molecule has 1 aromatic heterocycles. The summed E-state index contributed by atoms with van der Waals surface area (Å²) in [5.41, 5.74) is 1.53. The fourth-order valence-electron chi connectivity index (χ4n) is 3.05. The standard InChI is InChI=1S/C18H22ClN3O4S2/c1-12(2)13-3-5-15(6-4-13)28(24,25)22-9-7-14(8-10-22)18(23)26-11-16-17(19)27-21-20-16/h3-6,12,14H,7-11H2,1-2H3. The zero-order chi connectivity index (χ0) is 20.3. The van der Waals surface area contributed by atoms with Gasteiger partial charge in [0.15, 0.2) is 0 Å². The number of carbonyl (C=O) groups is 1. The molecule has 0 atom stereocenters. The Labute approximate surface area is 173 Å². The molecule has 1 aliphatic rings. The van der Waals surface area contributed by atoms with Crippen LogP contribution in [-0.2, 0) is 26.2 Å². The SMILES string of the molecule is CC(C)c1ccc(S(=O)(=O)N2CCC(C(=O)OCc3nnsc3Cl)CC2)cc1. The van der Waals surface area contributed by atoms with Crippen molar-refractivity contribution in [2.75, 3.05) is 13.1 Å². The van der Waals surface area contributed by atoms with Crippen LogP contribution in [-0.4, -0.2) is 41.4 Å². The van der Waals surface area contributed by atoms with E-state index in [0.29, 0.717) is 28.8 Å². The van der Waals surface area contributed by atoms with Gasteiger partial charge < -0.3 is 4.74 Å². The van der Waals surface area contributed by atoms with Crippen LogP contribution >= 0.6 is 23.1 Å². The van der Waals surface area contributed by atoms with E-state index in [1.165, 1.54) is 4.31 Å². The minimum absolute atomic E-state index is 0.0190. The van der Waals surface area contributed by atoms with Crippen LogP contribution in [0.25, 0.3) is 0 Å². The molecule has 0 aliphatic carbocycles. The molecule has 0 saturated carbocycles. The van der Waals surface area contributed by atoms with E-state index in [1.54, 1.807) is 12.1 Å². The normalized spacial score (nSPS) is 16.4. The summed E-state index contributed by atoms with van der Waals surface area (Å²) in [5, 5.41) is 3.80. The minimum Gasteiger partial charge on any atom is -0.459 e. The molecule has 0 radical (unpaired) electrons. The first-order valence-electron chi connectivity index (χ1n) is 9.02. The number of piperidine rings is 1. The molecule has 0 amide bonds. The Bertz CT molecular complexity index is 921. The quantitative estimate of drug-likeness (QED) is 0.635. The van der Waals surface area contributed by atoms with Gasteiger partial charge in [0.2, 0.25) is 10.0 Å². The number of halogens is 1. The van der Waals surface area contributed by atoms with Crippen molar-refractivity contribution in [2.24, 2.45) is 5.92 Å². The maximum atomic E-state index is 12.8. The minimum atomic E-state index is -3.56. The molecule has 152 valence electrons. The Morgan fingerprint density at radius 3 is 2.46 bits per heavy atom. The first kappa shape index (κ1) is 21.2. The lowest BCUT2D eigenvalue weighted by atomic mass is 9.98. The fourth-order valence-corrected chi connectivity index (χ4v) is 5.12. The van der Waals surface area contributed by atoms with Gasteiger partial charge in [-0.05, 0) is 36.5 Å². The first-order valence-corrected chi connectivity index (χ1v) is 11.6. The van der Waals surface area contributed by atoms with Gasteiger partial charge in [-0.3, -0.25) is 4.79 Å². The second-order valence-corrected chi connectivity index (χ2v) is 10.3. The average Bonchev–Trinajstić information content (AvgIpc) is 3.11. The van der Waals surface area contributed by atoms with E-state index in [4.69, 9.17) is 16.3 Å². The first-order chi connectivity index (χ1) is 13.3. The van der Waals surface area contributed by atoms with Crippen molar-refractivity contribution in [3.8, 4) is 0 Å². The smallest absolute Gasteiger partial charge is 0.309 e. The second-order valence-electron chi connectivity index (χ2n) is 7.00. The summed E-state index contributed by atoms with van der Waals surface area (Å²) in [4.78, 5) is 12.5. The molecule has 28 heavy (non-hydrogen) atoms. The maximum Gasteiger partial charge on any atom is 0.309 e. The third kappa shape index (κ3) is 4.71. The van der Waals surface area contributed by atoms with E-state index in [1.807, 2.05) is 12.1 Å². The average molecular weight is 444 g/mol. The van der Waals surface area contributed by atoms with E-state index >= 15 is 0 Å². The van der Waals surface area contributed by atoms with Crippen molar-refractivity contribution in [2.45, 2.75) is 44.1 Å². The van der Waals surface area contributed by atoms with Crippen molar-refractivity contribution in [1.82, 2.24) is 13.9 Å². The molecule has 0 N–H and O–H groups in total. The van der Waals surface area contributed by atoms with Gasteiger partial charge in [0.05, 0.1) is 10.8 Å². The largest absolute Gasteiger partial charge is 0.459 e. The zero-order valence-electron chi connectivity index (χ0n) is 15.7. The maximum absolute atomic E-state index is 12.8. The Morgan fingerprint density at radius 2 is 1.93 bits per heavy atom. The Morgan fingerprint density at radius 1 is 1.29 bits per heavy atom. The van der Waals surface area contributed by atoms with Crippen LogP contribution in [0.3, 0.4) is 0 Å². The topological polar surface area (TPSA) is 89.5 Å². The van der Waals surface area contributed by atoms with Gasteiger partial charge in [0, 0.05) is 24.6 Å². The monoisotopic (exact) mass is 443 g/mol. The van der Waals surface area contributed by atoms with Gasteiger partial charge in [0.25, 0.3) is 0 Å². The number of carbonyl (C=O) groups excluding carboxylic acids is 1. The highest BCUT2D eigenvalue weighted by Crippen LogP contribution is 2.26. The van der Waals surface area contributed by atoms with Crippen molar-refractivity contribution in [3.05, 3.63) is 39.9 Å². The van der Waals surface area contributed by atoms with E-state index < -0.39 is 10.0 Å². The summed E-state index contributed by atoms with van der Waals surface area (Å²) in [5.74, 6) is -0.351. The van der Waals surface area contributed by atoms with Crippen molar-refractivity contribution >= 4 is 39.1 Å². The Kier molecular flexibility index (Phi) is 6.69. The number of benzene rings is 1. The van der Waals surface area contributed by atoms with E-state index in [-0.39, 0.29) is 36.5 Å². The van der Waals surface area contributed by atoms with Crippen LogP contribution in [0.2, 0.25) is 4.34 Å². The van der Waals surface area contributed by atoms with Gasteiger partial charge in [0.1, 0.15) is 16.6 Å². The number of sulfonamides is 1. The number of rotatable bonds is 6. The van der Waals surface area contributed by atoms with Crippen LogP contribution in [0.1, 0.15) is 43.9 Å². The molecule has 2 heterocycles. The molecular formula is C18H22ClN3O4S2. The fraction of sp³-hybridized carbons (Fsp3) is 0.500. The number of ether oxygens (including phenoxy) is 1. The van der Waals surface area contributed by atoms with Crippen LogP contribution in [0.15, 0.2) is 29.2 Å². The van der Waals surface area contributed by atoms with Crippen LogP contribution in [0.5, 0.6) is 0 Å². The lowest BCUT2D eigenvalue weighted by Gasteiger charge is -2.30. The number of esters is 1. The van der Waals surface area contributed by atoms with E-state index in [2.05, 4.69) is 23.4 Å². The van der Waals surface area contributed by atoms with Crippen LogP contribution in [0, 0.1) is 5.92 Å². The van der Waals surface area contributed by atoms with Gasteiger partial charge >= 0.3 is 5.97 Å². The molecule has 1 aromatic carbocycles. The predicted molar refractivity (Wildman–Crippen MR) is 107 cm³/mol. The van der Waals surface area contributed by atoms with Crippen LogP contribution < -0.4 is 0 Å². The summed E-state index contributed by atoms with van der Waals surface area (Å²) in [6.07, 6.45) is 0.844. The third-order valence-electron chi connectivity index (χ3n) is 4.83. The molecular weight excluding hydrogens is 422 g/mol. The Balaban J connectivity index is 1.56. The molecule has 10 heteroatoms. The van der Waals surface area contributed by atoms with Gasteiger partial charge in [-0.2, -0.15) is 4.31 Å². The lowest BCUT2D eigenvalue weighted by molar-refractivity contribution is -0.151. The van der Waals surface area contributed by atoms with Crippen molar-refractivity contribution < 1.29 is 17.9 Å². The summed E-state index contributed by atoms with van der Waals surface area (Å²) in [7, 11) is -3.56. The van der Waals surface area contributed by atoms with E-state index in [9.17, 15) is 13.2 Å². The molecule has 1 saturated heterocycles. The third-order valence-corrected chi connectivity index (χ3v) is 7.73. The van der Waals surface area contributed by atoms with Crippen LogP contribution in [0.4, 0.5) is 0 Å². The number of hydrogen-bond donors (Lipinski definition) is 0. The van der Waals surface area contributed by atoms with Gasteiger partial charge in [-0.15, -0.1) is 5.10 Å². The molecule has 0 bridgehead atoms. The van der Waals surface area contributed by atoms with Gasteiger partial charge in [-0.25, -0.2) is 8.42 Å². The molecule has 0 spiro atoms. The highest BCUT2D eigenvalue weighted by molar-refractivity contribution is 7.89. The number of nitrogens with zero attached hydrogens (tertiary/aromatic N) is 3. The predicted octanol–water partition coefficient (Wildman–Crippen LogP) is 3.46. The molecule has 1 fully saturated rings. The highest BCUT2D eigenvalue weighted by Gasteiger charge is 2.33. The molecule has 1 aliphatic heterocycles. The highest BCUT2D eigenvalue weighted by atomic mass is 35.5. The molecule has 7 nitrogen and oxygen atoms in total.